The Labute approximate surface area is 98.3 Å². The van der Waals surface area contributed by atoms with Crippen LogP contribution >= 0.6 is 11.6 Å². The second-order valence-electron chi connectivity index (χ2n) is 3.64. The highest BCUT2D eigenvalue weighted by molar-refractivity contribution is 6.30. The molecule has 5 heteroatoms. The van der Waals surface area contributed by atoms with Gasteiger partial charge in [0.2, 0.25) is 0 Å². The zero-order valence-corrected chi connectivity index (χ0v) is 9.68. The van der Waals surface area contributed by atoms with Crippen molar-refractivity contribution in [2.75, 3.05) is 6.61 Å². The van der Waals surface area contributed by atoms with Gasteiger partial charge in [0.1, 0.15) is 12.4 Å². The zero-order chi connectivity index (χ0) is 12.1. The van der Waals surface area contributed by atoms with Crippen molar-refractivity contribution in [1.29, 1.82) is 0 Å². The smallest absolute Gasteiger partial charge is 0.272 e. The Hall–Kier alpha value is -0.870. The van der Waals surface area contributed by atoms with E-state index < -0.39 is 13.0 Å². The summed E-state index contributed by atoms with van der Waals surface area (Å²) in [6, 6.07) is 4.80. The first-order valence-corrected chi connectivity index (χ1v) is 5.31. The van der Waals surface area contributed by atoms with Crippen LogP contribution in [-0.2, 0) is 6.42 Å². The summed E-state index contributed by atoms with van der Waals surface area (Å²) in [5.74, 6) is 0.419. The van der Waals surface area contributed by atoms with Gasteiger partial charge >= 0.3 is 0 Å². The molecule has 1 aromatic carbocycles. The third kappa shape index (κ3) is 4.33. The summed E-state index contributed by atoms with van der Waals surface area (Å²) < 4.78 is 29.0. The molecule has 0 amide bonds. The van der Waals surface area contributed by atoms with Gasteiger partial charge in [-0.15, -0.1) is 0 Å². The molecule has 0 saturated heterocycles. The van der Waals surface area contributed by atoms with Gasteiger partial charge in [0.25, 0.3) is 6.43 Å². The van der Waals surface area contributed by atoms with Gasteiger partial charge < -0.3 is 10.5 Å². The monoisotopic (exact) mass is 249 g/mol. The molecule has 90 valence electrons. The van der Waals surface area contributed by atoms with E-state index in [2.05, 4.69) is 0 Å². The summed E-state index contributed by atoms with van der Waals surface area (Å²) >= 11 is 5.82. The van der Waals surface area contributed by atoms with Gasteiger partial charge in [-0.05, 0) is 37.1 Å². The summed E-state index contributed by atoms with van der Waals surface area (Å²) in [5, 5.41) is 0.542. The first kappa shape index (κ1) is 13.2. The van der Waals surface area contributed by atoms with E-state index in [1.165, 1.54) is 0 Å². The molecule has 0 radical (unpaired) electrons. The molecule has 1 aromatic rings. The molecule has 0 aliphatic rings. The zero-order valence-electron chi connectivity index (χ0n) is 8.92. The van der Waals surface area contributed by atoms with Crippen molar-refractivity contribution in [3.05, 3.63) is 28.8 Å². The van der Waals surface area contributed by atoms with Crippen molar-refractivity contribution in [3.8, 4) is 5.75 Å². The van der Waals surface area contributed by atoms with E-state index in [4.69, 9.17) is 22.1 Å². The van der Waals surface area contributed by atoms with E-state index >= 15 is 0 Å². The van der Waals surface area contributed by atoms with E-state index in [0.717, 1.165) is 5.56 Å². The third-order valence-electron chi connectivity index (χ3n) is 1.93. The lowest BCUT2D eigenvalue weighted by Crippen LogP contribution is -2.18. The minimum absolute atomic E-state index is 0.0765. The molecular weight excluding hydrogens is 236 g/mol. The topological polar surface area (TPSA) is 35.2 Å². The summed E-state index contributed by atoms with van der Waals surface area (Å²) in [7, 11) is 0. The molecule has 16 heavy (non-hydrogen) atoms. The van der Waals surface area contributed by atoms with E-state index in [1.54, 1.807) is 18.2 Å². The van der Waals surface area contributed by atoms with Crippen LogP contribution in [0.15, 0.2) is 18.2 Å². The molecule has 0 aliphatic carbocycles. The van der Waals surface area contributed by atoms with Gasteiger partial charge in [0, 0.05) is 11.1 Å². The molecule has 0 saturated carbocycles. The molecule has 1 unspecified atom stereocenters. The van der Waals surface area contributed by atoms with Crippen LogP contribution in [0.25, 0.3) is 0 Å². The number of ether oxygens (including phenoxy) is 1. The van der Waals surface area contributed by atoms with E-state index in [9.17, 15) is 8.78 Å². The van der Waals surface area contributed by atoms with Crippen molar-refractivity contribution in [2.24, 2.45) is 5.73 Å². The Morgan fingerprint density at radius 1 is 1.44 bits per heavy atom. The number of alkyl halides is 2. The maximum atomic E-state index is 12.0. The number of halogens is 3. The molecule has 1 atom stereocenters. The largest absolute Gasteiger partial charge is 0.487 e. The number of rotatable bonds is 5. The fourth-order valence-corrected chi connectivity index (χ4v) is 1.54. The molecule has 0 aliphatic heterocycles. The first-order chi connectivity index (χ1) is 7.49. The van der Waals surface area contributed by atoms with Crippen molar-refractivity contribution >= 4 is 11.6 Å². The highest BCUT2D eigenvalue weighted by Gasteiger charge is 2.10. The maximum absolute atomic E-state index is 12.0. The second-order valence-corrected chi connectivity index (χ2v) is 4.07. The van der Waals surface area contributed by atoms with Crippen LogP contribution in [0, 0.1) is 0 Å². The molecular formula is C11H14ClF2NO. The van der Waals surface area contributed by atoms with Gasteiger partial charge in [-0.1, -0.05) is 11.6 Å². The van der Waals surface area contributed by atoms with Gasteiger partial charge in [0.05, 0.1) is 0 Å². The maximum Gasteiger partial charge on any atom is 0.272 e. The average Bonchev–Trinajstić information content (AvgIpc) is 2.15. The molecule has 2 N–H and O–H groups in total. The van der Waals surface area contributed by atoms with Gasteiger partial charge in [-0.3, -0.25) is 0 Å². The Balaban J connectivity index is 2.80. The molecule has 0 fully saturated rings. The normalized spacial score (nSPS) is 12.9. The number of benzene rings is 1. The molecule has 2 nitrogen and oxygen atoms in total. The van der Waals surface area contributed by atoms with Crippen LogP contribution in [0.1, 0.15) is 12.5 Å². The Bertz CT molecular complexity index is 345. The predicted molar refractivity (Wildman–Crippen MR) is 60.3 cm³/mol. The highest BCUT2D eigenvalue weighted by atomic mass is 35.5. The highest BCUT2D eigenvalue weighted by Crippen LogP contribution is 2.24. The van der Waals surface area contributed by atoms with Crippen molar-refractivity contribution < 1.29 is 13.5 Å². The molecule has 0 aromatic heterocycles. The molecule has 0 heterocycles. The van der Waals surface area contributed by atoms with Crippen LogP contribution in [0.4, 0.5) is 8.78 Å². The molecule has 0 bridgehead atoms. The third-order valence-corrected chi connectivity index (χ3v) is 2.16. The van der Waals surface area contributed by atoms with E-state index in [-0.39, 0.29) is 6.04 Å². The van der Waals surface area contributed by atoms with Gasteiger partial charge in [-0.25, -0.2) is 8.78 Å². The first-order valence-electron chi connectivity index (χ1n) is 4.94. The second kappa shape index (κ2) is 6.01. The Morgan fingerprint density at radius 3 is 2.69 bits per heavy atom. The Morgan fingerprint density at radius 2 is 2.12 bits per heavy atom. The van der Waals surface area contributed by atoms with E-state index in [1.807, 2.05) is 6.92 Å². The van der Waals surface area contributed by atoms with Crippen LogP contribution in [0.2, 0.25) is 5.02 Å². The quantitative estimate of drug-likeness (QED) is 0.871. The predicted octanol–water partition coefficient (Wildman–Crippen LogP) is 2.87. The summed E-state index contributed by atoms with van der Waals surface area (Å²) in [6.07, 6.45) is -1.95. The fraction of sp³-hybridized carbons (Fsp3) is 0.455. The van der Waals surface area contributed by atoms with Crippen LogP contribution in [0.5, 0.6) is 5.75 Å². The fourth-order valence-electron chi connectivity index (χ4n) is 1.35. The lowest BCUT2D eigenvalue weighted by atomic mass is 10.1. The minimum atomic E-state index is -2.49. The van der Waals surface area contributed by atoms with Gasteiger partial charge in [-0.2, -0.15) is 0 Å². The molecule has 1 rings (SSSR count). The van der Waals surface area contributed by atoms with Crippen LogP contribution in [0.3, 0.4) is 0 Å². The average molecular weight is 250 g/mol. The van der Waals surface area contributed by atoms with Crippen molar-refractivity contribution in [1.82, 2.24) is 0 Å². The Kier molecular flexibility index (Phi) is 4.96. The minimum Gasteiger partial charge on any atom is -0.487 e. The van der Waals surface area contributed by atoms with E-state index in [0.29, 0.717) is 17.2 Å². The number of nitrogens with two attached hydrogens (primary N) is 1. The number of hydrogen-bond acceptors (Lipinski definition) is 2. The van der Waals surface area contributed by atoms with Gasteiger partial charge in [0.15, 0.2) is 0 Å². The standard InChI is InChI=1S/C11H14ClF2NO/c1-7(15)4-8-5-9(12)2-3-10(8)16-6-11(13)14/h2-3,5,7,11H,4,6,15H2,1H3. The van der Waals surface area contributed by atoms with Crippen molar-refractivity contribution in [2.45, 2.75) is 25.8 Å². The summed E-state index contributed by atoms with van der Waals surface area (Å²) in [6.45, 7) is 1.21. The summed E-state index contributed by atoms with van der Waals surface area (Å²) in [4.78, 5) is 0. The SMILES string of the molecule is CC(N)Cc1cc(Cl)ccc1OCC(F)F. The van der Waals surface area contributed by atoms with Crippen molar-refractivity contribution in [3.63, 3.8) is 0 Å². The number of hydrogen-bond donors (Lipinski definition) is 1. The van der Waals surface area contributed by atoms with Crippen LogP contribution < -0.4 is 10.5 Å². The molecule has 0 spiro atoms. The summed E-state index contributed by atoms with van der Waals surface area (Å²) in [5.41, 5.74) is 6.41. The van der Waals surface area contributed by atoms with Crippen LogP contribution in [-0.4, -0.2) is 19.1 Å². The lowest BCUT2D eigenvalue weighted by Gasteiger charge is -2.13. The lowest BCUT2D eigenvalue weighted by molar-refractivity contribution is 0.0814.